The van der Waals surface area contributed by atoms with Crippen molar-refractivity contribution in [2.45, 2.75) is 44.2 Å². The predicted octanol–water partition coefficient (Wildman–Crippen LogP) is 0.613. The van der Waals surface area contributed by atoms with E-state index in [0.717, 1.165) is 22.1 Å². The number of amides is 1. The highest BCUT2D eigenvalue weighted by molar-refractivity contribution is 7.91. The summed E-state index contributed by atoms with van der Waals surface area (Å²) in [4.78, 5) is 47.2. The zero-order valence-electron chi connectivity index (χ0n) is 22.0. The zero-order chi connectivity index (χ0) is 29.5. The molecule has 1 fully saturated rings. The Bertz CT molecular complexity index is 1300. The second kappa shape index (κ2) is 13.0. The number of likely N-dealkylation sites (N-methyl/N-ethyl adjacent to an activating group) is 1. The first-order valence-electron chi connectivity index (χ1n) is 12.0. The highest BCUT2D eigenvalue weighted by Gasteiger charge is 2.40. The third kappa shape index (κ3) is 9.33. The first-order chi connectivity index (χ1) is 18.0. The van der Waals surface area contributed by atoms with Crippen molar-refractivity contribution < 1.29 is 52.4 Å². The van der Waals surface area contributed by atoms with E-state index in [1.54, 1.807) is 11.2 Å². The fourth-order valence-electron chi connectivity index (χ4n) is 4.15. The van der Waals surface area contributed by atoms with Crippen LogP contribution < -0.4 is 0 Å². The number of aliphatic carboxylic acids is 3. The number of hydrogen-bond donors (Lipinski definition) is 4. The molecule has 2 heterocycles. The Labute approximate surface area is 225 Å². The van der Waals surface area contributed by atoms with Crippen molar-refractivity contribution in [2.75, 3.05) is 38.7 Å². The summed E-state index contributed by atoms with van der Waals surface area (Å²) in [5.74, 6) is -4.83. The van der Waals surface area contributed by atoms with Gasteiger partial charge in [-0.2, -0.15) is 0 Å². The zero-order valence-corrected chi connectivity index (χ0v) is 22.8. The van der Waals surface area contributed by atoms with Crippen LogP contribution in [0.5, 0.6) is 0 Å². The van der Waals surface area contributed by atoms with Crippen LogP contribution in [0.3, 0.4) is 0 Å². The minimum atomic E-state index is -3.04. The summed E-state index contributed by atoms with van der Waals surface area (Å²) >= 11 is 0. The molecule has 216 valence electrons. The first kappa shape index (κ1) is 31.7. The second-order valence-electron chi connectivity index (χ2n) is 9.86. The molecule has 1 amide bonds. The van der Waals surface area contributed by atoms with Gasteiger partial charge in [-0.15, -0.1) is 0 Å². The topological polar surface area (TPSA) is 203 Å². The number of aliphatic hydroxyl groups is 1. The first-order valence-corrected chi connectivity index (χ1v) is 13.9. The Balaban J connectivity index is 0.000000349. The van der Waals surface area contributed by atoms with Gasteiger partial charge in [0.2, 0.25) is 5.91 Å². The smallest absolute Gasteiger partial charge is 0.336 e. The van der Waals surface area contributed by atoms with Crippen LogP contribution in [0.2, 0.25) is 0 Å². The summed E-state index contributed by atoms with van der Waals surface area (Å²) in [7, 11) is 0.849. The molecule has 1 saturated heterocycles. The fourth-order valence-corrected chi connectivity index (χ4v) is 5.88. The van der Waals surface area contributed by atoms with Gasteiger partial charge >= 0.3 is 17.9 Å². The summed E-state index contributed by atoms with van der Waals surface area (Å²) in [6, 6.07) is 5.70. The SMILES string of the molecule is Cc1ccc2c(CC(=O)N(CCN(C)C)C3CCS(=O)(=O)C3)coc2c1.O=C(O)CC(O)(CC(=O)O)C(=O)O. The number of rotatable bonds is 11. The minimum absolute atomic E-state index is 0.0442. The van der Waals surface area contributed by atoms with Crippen molar-refractivity contribution in [3.8, 4) is 0 Å². The van der Waals surface area contributed by atoms with E-state index >= 15 is 0 Å². The maximum absolute atomic E-state index is 13.0. The van der Waals surface area contributed by atoms with Gasteiger partial charge in [0.05, 0.1) is 37.0 Å². The van der Waals surface area contributed by atoms with Crippen molar-refractivity contribution in [3.63, 3.8) is 0 Å². The van der Waals surface area contributed by atoms with Gasteiger partial charge in [-0.25, -0.2) is 13.2 Å². The maximum Gasteiger partial charge on any atom is 0.336 e. The number of hydrogen-bond acceptors (Lipinski definition) is 9. The molecule has 0 saturated carbocycles. The van der Waals surface area contributed by atoms with Crippen LogP contribution in [0, 0.1) is 6.92 Å². The number of carboxylic acid groups (broad SMARTS) is 3. The Hall–Kier alpha value is -3.49. The largest absolute Gasteiger partial charge is 0.481 e. The molecular formula is C25H34N2O11S. The molecule has 14 heteroatoms. The lowest BCUT2D eigenvalue weighted by atomic mass is 9.96. The molecular weight excluding hydrogens is 536 g/mol. The normalized spacial score (nSPS) is 16.5. The Morgan fingerprint density at radius 3 is 2.15 bits per heavy atom. The molecule has 0 aliphatic carbocycles. The van der Waals surface area contributed by atoms with Crippen LogP contribution in [0.15, 0.2) is 28.9 Å². The van der Waals surface area contributed by atoms with E-state index in [1.165, 1.54) is 0 Å². The van der Waals surface area contributed by atoms with Gasteiger partial charge in [-0.05, 0) is 39.1 Å². The molecule has 3 rings (SSSR count). The Kier molecular flexibility index (Phi) is 10.6. The minimum Gasteiger partial charge on any atom is -0.481 e. The molecule has 0 radical (unpaired) electrons. The van der Waals surface area contributed by atoms with E-state index in [-0.39, 0.29) is 29.9 Å². The average molecular weight is 571 g/mol. The van der Waals surface area contributed by atoms with Gasteiger partial charge in [0.25, 0.3) is 0 Å². The molecule has 1 aromatic heterocycles. The lowest BCUT2D eigenvalue weighted by Gasteiger charge is -2.29. The van der Waals surface area contributed by atoms with Gasteiger partial charge < -0.3 is 34.6 Å². The van der Waals surface area contributed by atoms with Crippen LogP contribution in [-0.2, 0) is 35.4 Å². The molecule has 1 unspecified atom stereocenters. The maximum atomic E-state index is 13.0. The van der Waals surface area contributed by atoms with Crippen molar-refractivity contribution >= 4 is 44.6 Å². The summed E-state index contributed by atoms with van der Waals surface area (Å²) in [5, 5.41) is 34.8. The average Bonchev–Trinajstić information content (AvgIpc) is 3.35. The lowest BCUT2D eigenvalue weighted by molar-refractivity contribution is -0.170. The predicted molar refractivity (Wildman–Crippen MR) is 139 cm³/mol. The monoisotopic (exact) mass is 570 g/mol. The Morgan fingerprint density at radius 1 is 1.05 bits per heavy atom. The van der Waals surface area contributed by atoms with Crippen molar-refractivity contribution in [3.05, 3.63) is 35.6 Å². The molecule has 2 aromatic rings. The van der Waals surface area contributed by atoms with E-state index in [0.29, 0.717) is 19.5 Å². The number of fused-ring (bicyclic) bond motifs is 1. The summed E-state index contributed by atoms with van der Waals surface area (Å²) in [6.45, 7) is 3.23. The molecule has 1 aliphatic heterocycles. The van der Waals surface area contributed by atoms with Crippen molar-refractivity contribution in [1.82, 2.24) is 9.80 Å². The van der Waals surface area contributed by atoms with Crippen molar-refractivity contribution in [2.24, 2.45) is 0 Å². The van der Waals surface area contributed by atoms with E-state index in [9.17, 15) is 27.6 Å². The standard InChI is InChI=1S/C19H26N2O4S.C6H8O7/c1-14-4-5-17-15(12-25-18(17)10-14)11-19(22)21(8-7-20(2)3)16-6-9-26(23,24)13-16;7-3(8)1-6(13,5(11)12)2-4(9)10/h4-5,10,12,16H,6-9,11,13H2,1-3H3;13H,1-2H2,(H,7,8)(H,9,10)(H,11,12). The number of benzene rings is 1. The molecule has 13 nitrogen and oxygen atoms in total. The molecule has 1 atom stereocenters. The van der Waals surface area contributed by atoms with E-state index in [2.05, 4.69) is 0 Å². The Morgan fingerprint density at radius 2 is 1.67 bits per heavy atom. The van der Waals surface area contributed by atoms with Gasteiger partial charge in [0, 0.05) is 30.1 Å². The van der Waals surface area contributed by atoms with Gasteiger partial charge in [-0.1, -0.05) is 12.1 Å². The highest BCUT2D eigenvalue weighted by atomic mass is 32.2. The van der Waals surface area contributed by atoms with E-state index in [4.69, 9.17) is 24.8 Å². The number of nitrogens with zero attached hydrogens (tertiary/aromatic N) is 2. The highest BCUT2D eigenvalue weighted by Crippen LogP contribution is 2.25. The van der Waals surface area contributed by atoms with Crippen LogP contribution in [0.1, 0.15) is 30.4 Å². The number of furan rings is 1. The van der Waals surface area contributed by atoms with Gasteiger partial charge in [0.15, 0.2) is 15.4 Å². The molecule has 39 heavy (non-hydrogen) atoms. The quantitative estimate of drug-likeness (QED) is 0.293. The number of carboxylic acids is 3. The number of sulfone groups is 1. The fraction of sp³-hybridized carbons (Fsp3) is 0.520. The van der Waals surface area contributed by atoms with Crippen LogP contribution >= 0.6 is 0 Å². The molecule has 0 spiro atoms. The second-order valence-corrected chi connectivity index (χ2v) is 12.1. The lowest BCUT2D eigenvalue weighted by Crippen LogP contribution is -2.45. The van der Waals surface area contributed by atoms with Crippen LogP contribution in [0.4, 0.5) is 0 Å². The summed E-state index contributed by atoms with van der Waals surface area (Å²) in [5.41, 5.74) is -0.0113. The van der Waals surface area contributed by atoms with Crippen LogP contribution in [-0.4, -0.2) is 113 Å². The number of aryl methyl sites for hydroxylation is 1. The summed E-state index contributed by atoms with van der Waals surface area (Å²) < 4.78 is 29.3. The molecule has 1 aromatic carbocycles. The van der Waals surface area contributed by atoms with Gasteiger partial charge in [-0.3, -0.25) is 14.4 Å². The third-order valence-electron chi connectivity index (χ3n) is 6.20. The van der Waals surface area contributed by atoms with Gasteiger partial charge in [0.1, 0.15) is 5.58 Å². The van der Waals surface area contributed by atoms with Crippen molar-refractivity contribution in [1.29, 1.82) is 0 Å². The molecule has 1 aliphatic rings. The molecule has 0 bridgehead atoms. The number of carbonyl (C=O) groups excluding carboxylic acids is 1. The molecule has 4 N–H and O–H groups in total. The van der Waals surface area contributed by atoms with Crippen LogP contribution in [0.25, 0.3) is 11.0 Å². The number of carbonyl (C=O) groups is 4. The van der Waals surface area contributed by atoms with E-state index in [1.807, 2.05) is 44.1 Å². The van der Waals surface area contributed by atoms with E-state index < -0.39 is 46.2 Å². The third-order valence-corrected chi connectivity index (χ3v) is 7.95. The summed E-state index contributed by atoms with van der Waals surface area (Å²) in [6.07, 6.45) is 0.0909.